The quantitative estimate of drug-likeness (QED) is 0.783. The molecule has 0 aliphatic rings. The first kappa shape index (κ1) is 16.3. The van der Waals surface area contributed by atoms with Crippen molar-refractivity contribution in [3.05, 3.63) is 28.8 Å². The fraction of sp³-hybridized carbons (Fsp3) is 0.571. The van der Waals surface area contributed by atoms with Crippen molar-refractivity contribution in [1.29, 1.82) is 0 Å². The van der Waals surface area contributed by atoms with Crippen molar-refractivity contribution >= 4 is 12.4 Å². The Morgan fingerprint density at radius 1 is 1.18 bits per heavy atom. The molecule has 3 heteroatoms. The second-order valence-electron chi connectivity index (χ2n) is 4.60. The summed E-state index contributed by atoms with van der Waals surface area (Å²) in [6.45, 7) is 6.23. The lowest BCUT2D eigenvalue weighted by atomic mass is 9.93. The van der Waals surface area contributed by atoms with E-state index in [-0.39, 0.29) is 18.4 Å². The van der Waals surface area contributed by atoms with Gasteiger partial charge in [0.1, 0.15) is 5.75 Å². The molecule has 0 aliphatic heterocycles. The number of benzene rings is 1. The molecule has 0 spiro atoms. The number of phenols is 1. The molecule has 0 heterocycles. The summed E-state index contributed by atoms with van der Waals surface area (Å²) in [5.74, 6) is 0.333. The van der Waals surface area contributed by atoms with Gasteiger partial charge in [0, 0.05) is 6.04 Å². The molecule has 0 saturated heterocycles. The third kappa shape index (κ3) is 4.57. The van der Waals surface area contributed by atoms with E-state index >= 15 is 0 Å². The van der Waals surface area contributed by atoms with Crippen molar-refractivity contribution in [3.63, 3.8) is 0 Å². The molecule has 3 N–H and O–H groups in total. The lowest BCUT2D eigenvalue weighted by Gasteiger charge is -2.17. The first-order valence-electron chi connectivity index (χ1n) is 6.12. The number of aryl methyl sites for hydroxylation is 2. The van der Waals surface area contributed by atoms with Crippen molar-refractivity contribution in [2.45, 2.75) is 52.5 Å². The maximum atomic E-state index is 9.47. The molecule has 2 nitrogen and oxygen atoms in total. The van der Waals surface area contributed by atoms with Gasteiger partial charge in [-0.25, -0.2) is 0 Å². The van der Waals surface area contributed by atoms with Gasteiger partial charge in [0.25, 0.3) is 0 Å². The van der Waals surface area contributed by atoms with Crippen LogP contribution in [0, 0.1) is 13.8 Å². The average molecular weight is 258 g/mol. The standard InChI is InChI=1S/C14H23NO.ClH/c1-4-5-6-7-13(15)14-10(2)8-12(16)9-11(14)3;/h8-9,13,16H,4-7,15H2,1-3H3;1H/t13-;/m1./s1. The average Bonchev–Trinajstić information content (AvgIpc) is 2.16. The summed E-state index contributed by atoms with van der Waals surface area (Å²) in [6.07, 6.45) is 4.67. The third-order valence-corrected chi connectivity index (χ3v) is 3.07. The van der Waals surface area contributed by atoms with Crippen LogP contribution in [0.15, 0.2) is 12.1 Å². The predicted octanol–water partition coefficient (Wildman–Crippen LogP) is 4.01. The highest BCUT2D eigenvalue weighted by atomic mass is 35.5. The zero-order chi connectivity index (χ0) is 12.1. The van der Waals surface area contributed by atoms with Crippen molar-refractivity contribution in [2.24, 2.45) is 5.73 Å². The monoisotopic (exact) mass is 257 g/mol. The van der Waals surface area contributed by atoms with Gasteiger partial charge in [0.05, 0.1) is 0 Å². The number of hydrogen-bond acceptors (Lipinski definition) is 2. The molecular formula is C14H24ClNO. The number of nitrogens with two attached hydrogens (primary N) is 1. The van der Waals surface area contributed by atoms with Gasteiger partial charge in [-0.3, -0.25) is 0 Å². The second-order valence-corrected chi connectivity index (χ2v) is 4.60. The Balaban J connectivity index is 0.00000256. The lowest BCUT2D eigenvalue weighted by molar-refractivity contribution is 0.473. The topological polar surface area (TPSA) is 46.2 Å². The lowest BCUT2D eigenvalue weighted by Crippen LogP contribution is -2.13. The van der Waals surface area contributed by atoms with Gasteiger partial charge in [-0.05, 0) is 49.1 Å². The molecule has 1 rings (SSSR count). The number of phenolic OH excluding ortho intramolecular Hbond substituents is 1. The van der Waals surface area contributed by atoms with Crippen LogP contribution in [0.2, 0.25) is 0 Å². The Morgan fingerprint density at radius 2 is 1.71 bits per heavy atom. The van der Waals surface area contributed by atoms with Crippen LogP contribution >= 0.6 is 12.4 Å². The summed E-state index contributed by atoms with van der Waals surface area (Å²) >= 11 is 0. The SMILES string of the molecule is CCCCC[C@@H](N)c1c(C)cc(O)cc1C.Cl. The maximum absolute atomic E-state index is 9.47. The van der Waals surface area contributed by atoms with Crippen molar-refractivity contribution in [1.82, 2.24) is 0 Å². The molecule has 0 fully saturated rings. The van der Waals surface area contributed by atoms with Gasteiger partial charge < -0.3 is 10.8 Å². The van der Waals surface area contributed by atoms with E-state index in [2.05, 4.69) is 6.92 Å². The zero-order valence-corrected chi connectivity index (χ0v) is 11.8. The van der Waals surface area contributed by atoms with Crippen LogP contribution in [0.1, 0.15) is 55.3 Å². The van der Waals surface area contributed by atoms with Crippen LogP contribution < -0.4 is 5.73 Å². The molecule has 0 bridgehead atoms. The molecule has 1 aromatic rings. The Bertz CT molecular complexity index is 329. The highest BCUT2D eigenvalue weighted by molar-refractivity contribution is 5.85. The Hall–Kier alpha value is -0.730. The summed E-state index contributed by atoms with van der Waals surface area (Å²) in [6, 6.07) is 3.69. The molecule has 0 amide bonds. The van der Waals surface area contributed by atoms with Gasteiger partial charge in [0.15, 0.2) is 0 Å². The zero-order valence-electron chi connectivity index (χ0n) is 11.0. The van der Waals surface area contributed by atoms with E-state index in [1.807, 2.05) is 13.8 Å². The van der Waals surface area contributed by atoms with Crippen molar-refractivity contribution in [2.75, 3.05) is 0 Å². The highest BCUT2D eigenvalue weighted by Crippen LogP contribution is 2.27. The van der Waals surface area contributed by atoms with Crippen LogP contribution in [-0.2, 0) is 0 Å². The van der Waals surface area contributed by atoms with E-state index in [1.54, 1.807) is 12.1 Å². The first-order chi connectivity index (χ1) is 7.56. The summed E-state index contributed by atoms with van der Waals surface area (Å²) in [4.78, 5) is 0. The number of halogens is 1. The van der Waals surface area contributed by atoms with Gasteiger partial charge >= 0.3 is 0 Å². The molecule has 17 heavy (non-hydrogen) atoms. The molecule has 0 unspecified atom stereocenters. The van der Waals surface area contributed by atoms with E-state index in [9.17, 15) is 5.11 Å². The summed E-state index contributed by atoms with van der Waals surface area (Å²) < 4.78 is 0. The first-order valence-corrected chi connectivity index (χ1v) is 6.12. The Kier molecular flexibility index (Phi) is 7.24. The van der Waals surface area contributed by atoms with Gasteiger partial charge in [0.2, 0.25) is 0 Å². The minimum absolute atomic E-state index is 0. The molecule has 0 aromatic heterocycles. The molecule has 0 radical (unpaired) electrons. The minimum Gasteiger partial charge on any atom is -0.508 e. The van der Waals surface area contributed by atoms with Crippen LogP contribution in [0.4, 0.5) is 0 Å². The van der Waals surface area contributed by atoms with Crippen LogP contribution in [0.25, 0.3) is 0 Å². The highest BCUT2D eigenvalue weighted by Gasteiger charge is 2.12. The van der Waals surface area contributed by atoms with Gasteiger partial charge in [-0.1, -0.05) is 26.2 Å². The van der Waals surface area contributed by atoms with Crippen molar-refractivity contribution < 1.29 is 5.11 Å². The summed E-state index contributed by atoms with van der Waals surface area (Å²) in [7, 11) is 0. The van der Waals surface area contributed by atoms with E-state index in [0.717, 1.165) is 17.5 Å². The molecule has 1 atom stereocenters. The van der Waals surface area contributed by atoms with E-state index in [0.29, 0.717) is 5.75 Å². The molecule has 0 aliphatic carbocycles. The fourth-order valence-corrected chi connectivity index (χ4v) is 2.30. The normalized spacial score (nSPS) is 12.0. The predicted molar refractivity (Wildman–Crippen MR) is 75.9 cm³/mol. The van der Waals surface area contributed by atoms with E-state index in [1.165, 1.54) is 24.8 Å². The Morgan fingerprint density at radius 3 is 2.18 bits per heavy atom. The minimum atomic E-state index is 0. The molecule has 1 aromatic carbocycles. The smallest absolute Gasteiger partial charge is 0.116 e. The van der Waals surface area contributed by atoms with E-state index in [4.69, 9.17) is 5.73 Å². The Labute approximate surface area is 111 Å². The fourth-order valence-electron chi connectivity index (χ4n) is 2.30. The number of hydrogen-bond donors (Lipinski definition) is 2. The number of rotatable bonds is 5. The van der Waals surface area contributed by atoms with E-state index < -0.39 is 0 Å². The summed E-state index contributed by atoms with van der Waals surface area (Å²) in [5, 5.41) is 9.47. The molecular weight excluding hydrogens is 234 g/mol. The second kappa shape index (κ2) is 7.57. The number of aromatic hydroxyl groups is 1. The van der Waals surface area contributed by atoms with Crippen LogP contribution in [-0.4, -0.2) is 5.11 Å². The third-order valence-electron chi connectivity index (χ3n) is 3.07. The number of unbranched alkanes of at least 4 members (excludes halogenated alkanes) is 2. The van der Waals surface area contributed by atoms with Gasteiger partial charge in [-0.2, -0.15) is 0 Å². The largest absolute Gasteiger partial charge is 0.508 e. The summed E-state index contributed by atoms with van der Waals surface area (Å²) in [5.41, 5.74) is 9.61. The van der Waals surface area contributed by atoms with Crippen LogP contribution in [0.3, 0.4) is 0 Å². The van der Waals surface area contributed by atoms with Crippen molar-refractivity contribution in [3.8, 4) is 5.75 Å². The van der Waals surface area contributed by atoms with Crippen LogP contribution in [0.5, 0.6) is 5.75 Å². The molecule has 98 valence electrons. The maximum Gasteiger partial charge on any atom is 0.116 e. The molecule has 0 saturated carbocycles. The van der Waals surface area contributed by atoms with Gasteiger partial charge in [-0.15, -0.1) is 12.4 Å².